The highest BCUT2D eigenvalue weighted by Gasteiger charge is 2.28. The Morgan fingerprint density at radius 3 is 2.19 bits per heavy atom. The van der Waals surface area contributed by atoms with Crippen LogP contribution in [0.1, 0.15) is 103 Å². The zero-order chi connectivity index (χ0) is 44.5. The van der Waals surface area contributed by atoms with Crippen LogP contribution in [0.15, 0.2) is 149 Å². The minimum Gasteiger partial charge on any atom is -0.330 e. The normalized spacial score (nSPS) is 18.8. The number of nitrogens with two attached hydrogens (primary N) is 1. The van der Waals surface area contributed by atoms with E-state index in [1.165, 1.54) is 68.7 Å². The van der Waals surface area contributed by atoms with E-state index < -0.39 is 10.0 Å². The van der Waals surface area contributed by atoms with Crippen LogP contribution in [0.4, 0.5) is 0 Å². The third kappa shape index (κ3) is 11.7. The highest BCUT2D eigenvalue weighted by molar-refractivity contribution is 8.00. The van der Waals surface area contributed by atoms with Gasteiger partial charge in [-0.1, -0.05) is 122 Å². The predicted octanol–water partition coefficient (Wildman–Crippen LogP) is 11.4. The number of hydrogen-bond acceptors (Lipinski definition) is 7. The molecule has 7 nitrogen and oxygen atoms in total. The van der Waals surface area contributed by atoms with Gasteiger partial charge in [-0.3, -0.25) is 9.80 Å². The maximum Gasteiger partial charge on any atom is 0.240 e. The van der Waals surface area contributed by atoms with E-state index in [1.54, 1.807) is 12.1 Å². The molecule has 336 valence electrons. The van der Waals surface area contributed by atoms with Crippen molar-refractivity contribution in [2.45, 2.75) is 101 Å². The molecule has 3 aliphatic rings. The maximum atomic E-state index is 13.0. The van der Waals surface area contributed by atoms with Crippen LogP contribution in [0.3, 0.4) is 0 Å². The van der Waals surface area contributed by atoms with Crippen molar-refractivity contribution in [2.75, 3.05) is 33.7 Å². The van der Waals surface area contributed by atoms with Crippen molar-refractivity contribution in [2.24, 2.45) is 11.7 Å². The highest BCUT2D eigenvalue weighted by Crippen LogP contribution is 2.40. The van der Waals surface area contributed by atoms with Gasteiger partial charge >= 0.3 is 0 Å². The van der Waals surface area contributed by atoms with Crippen LogP contribution in [0, 0.1) is 5.92 Å². The molecule has 0 spiro atoms. The van der Waals surface area contributed by atoms with Crippen LogP contribution >= 0.6 is 11.9 Å². The predicted molar refractivity (Wildman–Crippen MR) is 267 cm³/mol. The van der Waals surface area contributed by atoms with Gasteiger partial charge in [0.2, 0.25) is 10.0 Å². The molecule has 3 unspecified atom stereocenters. The summed E-state index contributed by atoms with van der Waals surface area (Å²) >= 11 is 1.89. The molecule has 0 aliphatic heterocycles. The molecule has 0 saturated carbocycles. The largest absolute Gasteiger partial charge is 0.330 e. The summed E-state index contributed by atoms with van der Waals surface area (Å²) in [5, 5.41) is 0. The van der Waals surface area contributed by atoms with Gasteiger partial charge in [-0.15, -0.1) is 0 Å². The summed E-state index contributed by atoms with van der Waals surface area (Å²) in [6.07, 6.45) is 15.2. The lowest BCUT2D eigenvalue weighted by atomic mass is 9.84. The average molecular weight is 894 g/mol. The van der Waals surface area contributed by atoms with Crippen LogP contribution < -0.4 is 10.5 Å². The monoisotopic (exact) mass is 893 g/mol. The smallest absolute Gasteiger partial charge is 0.240 e. The molecule has 0 amide bonds. The van der Waals surface area contributed by atoms with Gasteiger partial charge < -0.3 is 5.73 Å². The third-order valence-electron chi connectivity index (χ3n) is 13.5. The van der Waals surface area contributed by atoms with Crippen molar-refractivity contribution >= 4 is 22.0 Å². The second kappa shape index (κ2) is 21.8. The first-order valence-corrected chi connectivity index (χ1v) is 25.7. The summed E-state index contributed by atoms with van der Waals surface area (Å²) in [6.45, 7) is 7.14. The van der Waals surface area contributed by atoms with Crippen LogP contribution in [-0.2, 0) is 42.5 Å². The minimum atomic E-state index is -3.61. The minimum absolute atomic E-state index is 0.265. The molecule has 3 atom stereocenters. The number of allylic oxidation sites excluding steroid dienone is 3. The number of fused-ring (bicyclic) bond motifs is 2. The van der Waals surface area contributed by atoms with E-state index in [0.29, 0.717) is 12.0 Å². The highest BCUT2D eigenvalue weighted by atomic mass is 32.2. The molecule has 0 aromatic heterocycles. The van der Waals surface area contributed by atoms with Gasteiger partial charge in [0.15, 0.2) is 0 Å². The lowest BCUT2D eigenvalue weighted by Gasteiger charge is -2.37. The Balaban J connectivity index is 0.889. The lowest BCUT2D eigenvalue weighted by molar-refractivity contribution is 0.188. The first kappa shape index (κ1) is 46.2. The standard InChI is InChI=1S/C55H67N5O2S2/c1-41-34-45(40-60(33-10-9-32-56)54-23-13-18-46-17-7-8-21-51(46)54)26-31-55(41)63-59(3)39-44-16-11-20-48(35-44)49-28-27-47-19-12-22-53(52(47)36-49)58(2)38-43-24-29-50(30-25-43)64(61,62)57-37-42-14-5-4-6-15-42/h4-8,11,14-17,20-21,24-31,35-36,41,53-54,57H,9-10,12-13,18-19,22-23,32-34,37-40,56H2,1-3H3. The molecule has 0 bridgehead atoms. The first-order valence-electron chi connectivity index (χ1n) is 23.5. The van der Waals surface area contributed by atoms with Gasteiger partial charge in [0.05, 0.1) is 4.90 Å². The van der Waals surface area contributed by atoms with E-state index in [4.69, 9.17) is 5.73 Å². The number of nitrogens with zero attached hydrogens (tertiary/aromatic N) is 3. The van der Waals surface area contributed by atoms with Crippen LogP contribution in [0.5, 0.6) is 0 Å². The molecule has 3 N–H and O–H groups in total. The Kier molecular flexibility index (Phi) is 15.7. The van der Waals surface area contributed by atoms with E-state index in [2.05, 4.69) is 119 Å². The Hall–Kier alpha value is -4.32. The zero-order valence-corrected chi connectivity index (χ0v) is 39.7. The number of sulfonamides is 1. The Labute approximate surface area is 388 Å². The quantitative estimate of drug-likeness (QED) is 0.0631. The van der Waals surface area contributed by atoms with Crippen molar-refractivity contribution in [3.05, 3.63) is 183 Å². The second-order valence-corrected chi connectivity index (χ2v) is 21.4. The van der Waals surface area contributed by atoms with E-state index in [1.807, 2.05) is 54.4 Å². The number of aryl methyl sites for hydroxylation is 2. The van der Waals surface area contributed by atoms with E-state index >= 15 is 0 Å². The molecular formula is C55H67N5O2S2. The average Bonchev–Trinajstić information content (AvgIpc) is 3.31. The van der Waals surface area contributed by atoms with Gasteiger partial charge in [-0.25, -0.2) is 17.4 Å². The van der Waals surface area contributed by atoms with Gasteiger partial charge in [0, 0.05) is 43.2 Å². The third-order valence-corrected chi connectivity index (χ3v) is 16.1. The molecule has 64 heavy (non-hydrogen) atoms. The molecular weight excluding hydrogens is 827 g/mol. The van der Waals surface area contributed by atoms with Crippen LogP contribution in [0.25, 0.3) is 11.1 Å². The summed E-state index contributed by atoms with van der Waals surface area (Å²) in [6, 6.07) is 43.0. The molecule has 0 heterocycles. The van der Waals surface area contributed by atoms with Crippen molar-refractivity contribution in [1.82, 2.24) is 18.8 Å². The van der Waals surface area contributed by atoms with E-state index in [-0.39, 0.29) is 17.5 Å². The van der Waals surface area contributed by atoms with Gasteiger partial charge in [-0.05, 0) is 177 Å². The number of nitrogens with one attached hydrogen (secondary N) is 1. The summed E-state index contributed by atoms with van der Waals surface area (Å²) < 4.78 is 31.2. The van der Waals surface area contributed by atoms with Crippen molar-refractivity contribution in [3.8, 4) is 11.1 Å². The van der Waals surface area contributed by atoms with Gasteiger partial charge in [-0.2, -0.15) is 0 Å². The molecule has 0 fully saturated rings. The number of unbranched alkanes of at least 4 members (excludes halogenated alkanes) is 1. The summed E-state index contributed by atoms with van der Waals surface area (Å²) in [7, 11) is 0.809. The SMILES string of the molecule is CC1CC(CN(CCCCN)C2CCCc3ccccc32)=CC=C1SN(C)Cc1cccc(-c2ccc3c(c2)C(N(C)Cc2ccc(S(=O)(=O)NCc4ccccc4)cc2)CCC3)c1. The zero-order valence-electron chi connectivity index (χ0n) is 38.1. The maximum absolute atomic E-state index is 13.0. The van der Waals surface area contributed by atoms with Crippen molar-refractivity contribution in [3.63, 3.8) is 0 Å². The molecule has 9 heteroatoms. The van der Waals surface area contributed by atoms with Gasteiger partial charge in [0.25, 0.3) is 0 Å². The summed E-state index contributed by atoms with van der Waals surface area (Å²) in [4.78, 5) is 6.90. The molecule has 3 aliphatic carbocycles. The van der Waals surface area contributed by atoms with Gasteiger partial charge in [0.1, 0.15) is 0 Å². The summed E-state index contributed by atoms with van der Waals surface area (Å²) in [5.41, 5.74) is 19.2. The molecule has 5 aromatic rings. The van der Waals surface area contributed by atoms with Crippen LogP contribution in [0.2, 0.25) is 0 Å². The topological polar surface area (TPSA) is 81.9 Å². The second-order valence-electron chi connectivity index (χ2n) is 18.3. The summed E-state index contributed by atoms with van der Waals surface area (Å²) in [5.74, 6) is 0.480. The van der Waals surface area contributed by atoms with E-state index in [0.717, 1.165) is 82.4 Å². The molecule has 5 aromatic carbocycles. The fourth-order valence-corrected chi connectivity index (χ4v) is 12.1. The number of rotatable bonds is 19. The molecule has 0 saturated heterocycles. The Bertz CT molecular complexity index is 2500. The van der Waals surface area contributed by atoms with Crippen LogP contribution in [-0.4, -0.2) is 56.3 Å². The van der Waals surface area contributed by atoms with Crippen molar-refractivity contribution < 1.29 is 8.42 Å². The first-order chi connectivity index (χ1) is 31.1. The molecule has 0 radical (unpaired) electrons. The lowest BCUT2D eigenvalue weighted by Crippen LogP contribution is -2.34. The fourth-order valence-electron chi connectivity index (χ4n) is 10.1. The Morgan fingerprint density at radius 1 is 0.688 bits per heavy atom. The fraction of sp³-hybridized carbons (Fsp3) is 0.382. The van der Waals surface area contributed by atoms with E-state index in [9.17, 15) is 8.42 Å². The number of hydrogen-bond donors (Lipinski definition) is 2. The molecule has 8 rings (SSSR count). The number of benzene rings is 5. The Morgan fingerprint density at radius 2 is 1.41 bits per heavy atom. The van der Waals surface area contributed by atoms with Crippen molar-refractivity contribution in [1.29, 1.82) is 0 Å².